The minimum absolute atomic E-state index is 0.793. The van der Waals surface area contributed by atoms with Crippen molar-refractivity contribution in [1.82, 2.24) is 10.0 Å². The van der Waals surface area contributed by atoms with E-state index in [1.54, 1.807) is 0 Å². The number of hydrogen-bond donors (Lipinski definition) is 0. The summed E-state index contributed by atoms with van der Waals surface area (Å²) in [5, 5.41) is 12.7. The summed E-state index contributed by atoms with van der Waals surface area (Å²) in [6.07, 6.45) is 3.72. The van der Waals surface area contributed by atoms with Gasteiger partial charge >= 0.3 is 0 Å². The fourth-order valence-electron chi connectivity index (χ4n) is 1.83. The highest BCUT2D eigenvalue weighted by molar-refractivity contribution is 9.10. The molecule has 0 radical (unpaired) electrons. The van der Waals surface area contributed by atoms with Crippen molar-refractivity contribution in [2.24, 2.45) is 10.2 Å². The van der Waals surface area contributed by atoms with E-state index in [1.165, 1.54) is 0 Å². The number of rotatable bonds is 7. The van der Waals surface area contributed by atoms with Gasteiger partial charge in [-0.3, -0.25) is 10.0 Å². The first kappa shape index (κ1) is 18.7. The van der Waals surface area contributed by atoms with Crippen LogP contribution in [-0.4, -0.2) is 49.6 Å². The Balaban J connectivity index is 1.77. The van der Waals surface area contributed by atoms with E-state index in [0.29, 0.717) is 0 Å². The van der Waals surface area contributed by atoms with Crippen molar-refractivity contribution in [2.75, 3.05) is 27.2 Å². The third-order valence-corrected chi connectivity index (χ3v) is 4.35. The average molecular weight is 452 g/mol. The molecule has 0 bridgehead atoms. The Morgan fingerprint density at radius 3 is 1.38 bits per heavy atom. The van der Waals surface area contributed by atoms with Crippen molar-refractivity contribution in [3.05, 3.63) is 68.6 Å². The topological polar surface area (TPSA) is 31.2 Å². The molecule has 4 nitrogen and oxygen atoms in total. The standard InChI is InChI=1S/C18H20Br2N4/c1-23(21-13-15-3-7-17(19)8-4-15)11-12-24(2)22-14-16-5-9-18(20)10-6-16/h3-10,13-14H,11-12H2,1-2H3/b21-13-,22-14-. The van der Waals surface area contributed by atoms with Crippen molar-refractivity contribution in [3.63, 3.8) is 0 Å². The van der Waals surface area contributed by atoms with Gasteiger partial charge in [0.15, 0.2) is 0 Å². The van der Waals surface area contributed by atoms with Crippen molar-refractivity contribution in [1.29, 1.82) is 0 Å². The Morgan fingerprint density at radius 1 is 0.708 bits per heavy atom. The summed E-state index contributed by atoms with van der Waals surface area (Å²) in [5.74, 6) is 0. The van der Waals surface area contributed by atoms with Crippen LogP contribution in [0.5, 0.6) is 0 Å². The van der Waals surface area contributed by atoms with Gasteiger partial charge in [-0.05, 0) is 35.4 Å². The Morgan fingerprint density at radius 2 is 1.04 bits per heavy atom. The van der Waals surface area contributed by atoms with Gasteiger partial charge in [-0.15, -0.1) is 0 Å². The molecule has 0 aromatic heterocycles. The molecule has 0 atom stereocenters. The molecule has 0 N–H and O–H groups in total. The minimum atomic E-state index is 0.793. The lowest BCUT2D eigenvalue weighted by Gasteiger charge is -2.17. The molecule has 0 aliphatic carbocycles. The molecular weight excluding hydrogens is 432 g/mol. The van der Waals surface area contributed by atoms with Gasteiger partial charge in [0.05, 0.1) is 25.5 Å². The number of hydrazone groups is 2. The van der Waals surface area contributed by atoms with E-state index in [2.05, 4.69) is 42.1 Å². The second-order valence-electron chi connectivity index (χ2n) is 5.35. The molecule has 0 aliphatic rings. The van der Waals surface area contributed by atoms with Crippen LogP contribution in [0.1, 0.15) is 11.1 Å². The van der Waals surface area contributed by atoms with Crippen LogP contribution in [0.15, 0.2) is 67.7 Å². The summed E-state index contributed by atoms with van der Waals surface area (Å²) < 4.78 is 2.14. The van der Waals surface area contributed by atoms with Gasteiger partial charge in [0, 0.05) is 23.0 Å². The molecule has 2 rings (SSSR count). The van der Waals surface area contributed by atoms with Crippen LogP contribution in [0.2, 0.25) is 0 Å². The van der Waals surface area contributed by atoms with E-state index in [1.807, 2.05) is 85.1 Å². The highest BCUT2D eigenvalue weighted by atomic mass is 79.9. The predicted octanol–water partition coefficient (Wildman–Crippen LogP) is 4.44. The third kappa shape index (κ3) is 6.84. The first-order valence-electron chi connectivity index (χ1n) is 7.54. The molecule has 0 fully saturated rings. The lowest BCUT2D eigenvalue weighted by molar-refractivity contribution is 0.272. The Hall–Kier alpha value is -1.66. The molecule has 6 heteroatoms. The van der Waals surface area contributed by atoms with Crippen LogP contribution in [0.25, 0.3) is 0 Å². The van der Waals surface area contributed by atoms with Crippen molar-refractivity contribution in [2.45, 2.75) is 0 Å². The van der Waals surface area contributed by atoms with Crippen LogP contribution in [-0.2, 0) is 0 Å². The zero-order chi connectivity index (χ0) is 17.4. The second-order valence-corrected chi connectivity index (χ2v) is 7.19. The SMILES string of the molecule is CN(CCN(C)/N=C\c1ccc(Br)cc1)/N=C\c1ccc(Br)cc1. The van der Waals surface area contributed by atoms with Crippen LogP contribution >= 0.6 is 31.9 Å². The zero-order valence-electron chi connectivity index (χ0n) is 13.7. The fraction of sp³-hybridized carbons (Fsp3) is 0.222. The summed E-state index contributed by atoms with van der Waals surface area (Å²) in [5.41, 5.74) is 2.15. The lowest BCUT2D eigenvalue weighted by atomic mass is 10.2. The van der Waals surface area contributed by atoms with Crippen LogP contribution in [0.3, 0.4) is 0 Å². The average Bonchev–Trinajstić information content (AvgIpc) is 2.59. The number of hydrogen-bond acceptors (Lipinski definition) is 4. The molecule has 0 aliphatic heterocycles. The molecule has 0 spiro atoms. The lowest BCUT2D eigenvalue weighted by Crippen LogP contribution is -2.25. The number of benzene rings is 2. The maximum absolute atomic E-state index is 4.43. The van der Waals surface area contributed by atoms with Crippen molar-refractivity contribution in [3.8, 4) is 0 Å². The van der Waals surface area contributed by atoms with Gasteiger partial charge in [-0.25, -0.2) is 0 Å². The quantitative estimate of drug-likeness (QED) is 0.460. The largest absolute Gasteiger partial charge is 0.298 e. The molecule has 0 unspecified atom stereocenters. The maximum Gasteiger partial charge on any atom is 0.0549 e. The van der Waals surface area contributed by atoms with E-state index < -0.39 is 0 Å². The second kappa shape index (κ2) is 9.59. The van der Waals surface area contributed by atoms with E-state index in [9.17, 15) is 0 Å². The third-order valence-electron chi connectivity index (χ3n) is 3.30. The summed E-state index contributed by atoms with van der Waals surface area (Å²) in [6.45, 7) is 1.59. The molecule has 0 amide bonds. The molecule has 0 saturated carbocycles. The van der Waals surface area contributed by atoms with Crippen molar-refractivity contribution >= 4 is 44.3 Å². The molecule has 0 saturated heterocycles. The summed E-state index contributed by atoms with van der Waals surface area (Å²) in [7, 11) is 3.92. The van der Waals surface area contributed by atoms with E-state index in [0.717, 1.165) is 33.2 Å². The normalized spacial score (nSPS) is 11.3. The van der Waals surface area contributed by atoms with Gasteiger partial charge in [0.25, 0.3) is 0 Å². The van der Waals surface area contributed by atoms with Crippen molar-refractivity contribution < 1.29 is 0 Å². The predicted molar refractivity (Wildman–Crippen MR) is 109 cm³/mol. The Bertz CT molecular complexity index is 620. The molecule has 126 valence electrons. The minimum Gasteiger partial charge on any atom is -0.298 e. The van der Waals surface area contributed by atoms with Crippen LogP contribution in [0, 0.1) is 0 Å². The van der Waals surface area contributed by atoms with Gasteiger partial charge in [0.2, 0.25) is 0 Å². The first-order valence-corrected chi connectivity index (χ1v) is 9.13. The summed E-state index contributed by atoms with van der Waals surface area (Å²) >= 11 is 6.85. The molecular formula is C18H20Br2N4. The van der Waals surface area contributed by atoms with E-state index in [4.69, 9.17) is 0 Å². The van der Waals surface area contributed by atoms with Crippen LogP contribution in [0.4, 0.5) is 0 Å². The first-order chi connectivity index (χ1) is 11.5. The van der Waals surface area contributed by atoms with Gasteiger partial charge in [-0.1, -0.05) is 56.1 Å². The molecule has 0 heterocycles. The number of halogens is 2. The Labute approximate surface area is 160 Å². The maximum atomic E-state index is 4.43. The van der Waals surface area contributed by atoms with Crippen LogP contribution < -0.4 is 0 Å². The van der Waals surface area contributed by atoms with E-state index >= 15 is 0 Å². The molecule has 2 aromatic carbocycles. The monoisotopic (exact) mass is 450 g/mol. The molecule has 2 aromatic rings. The fourth-order valence-corrected chi connectivity index (χ4v) is 2.36. The highest BCUT2D eigenvalue weighted by Gasteiger charge is 1.97. The highest BCUT2D eigenvalue weighted by Crippen LogP contribution is 2.10. The van der Waals surface area contributed by atoms with Gasteiger partial charge in [0.1, 0.15) is 0 Å². The summed E-state index contributed by atoms with van der Waals surface area (Å²) in [6, 6.07) is 16.1. The zero-order valence-corrected chi connectivity index (χ0v) is 16.9. The van der Waals surface area contributed by atoms with Gasteiger partial charge < -0.3 is 0 Å². The number of likely N-dealkylation sites (N-methyl/N-ethyl adjacent to an activating group) is 2. The summed E-state index contributed by atoms with van der Waals surface area (Å²) in [4.78, 5) is 0. The van der Waals surface area contributed by atoms with E-state index in [-0.39, 0.29) is 0 Å². The van der Waals surface area contributed by atoms with Gasteiger partial charge in [-0.2, -0.15) is 10.2 Å². The smallest absolute Gasteiger partial charge is 0.0549 e. The molecule has 24 heavy (non-hydrogen) atoms. The Kier molecular flexibility index (Phi) is 7.46. The number of nitrogens with zero attached hydrogens (tertiary/aromatic N) is 4.